The van der Waals surface area contributed by atoms with E-state index < -0.39 is 12.0 Å². The smallest absolute Gasteiger partial charge is 0.266 e. The number of rotatable bonds is 1. The van der Waals surface area contributed by atoms with Crippen molar-refractivity contribution >= 4 is 34.8 Å². The van der Waals surface area contributed by atoms with Gasteiger partial charge in [0.15, 0.2) is 11.5 Å². The molecule has 0 saturated carbocycles. The highest BCUT2D eigenvalue weighted by Gasteiger charge is 2.30. The SMILES string of the molecule is FC(F)c1c(Cl)c(Cl)c2c(c1Cl)OCO2. The van der Waals surface area contributed by atoms with E-state index >= 15 is 0 Å². The third-order valence-corrected chi connectivity index (χ3v) is 3.12. The second kappa shape index (κ2) is 3.85. The molecular formula is C8H3Cl3F2O2. The van der Waals surface area contributed by atoms with Crippen LogP contribution in [-0.2, 0) is 0 Å². The van der Waals surface area contributed by atoms with Gasteiger partial charge in [-0.05, 0) is 0 Å². The summed E-state index contributed by atoms with van der Waals surface area (Å²) in [7, 11) is 0. The Bertz CT molecular complexity index is 423. The van der Waals surface area contributed by atoms with Crippen LogP contribution in [0.15, 0.2) is 0 Å². The average molecular weight is 275 g/mol. The molecule has 0 saturated heterocycles. The van der Waals surface area contributed by atoms with Gasteiger partial charge in [-0.1, -0.05) is 34.8 Å². The van der Waals surface area contributed by atoms with Gasteiger partial charge in [-0.15, -0.1) is 0 Å². The molecule has 0 fully saturated rings. The number of fused-ring (bicyclic) bond motifs is 1. The monoisotopic (exact) mass is 274 g/mol. The zero-order valence-corrected chi connectivity index (χ0v) is 9.26. The van der Waals surface area contributed by atoms with E-state index in [0.29, 0.717) is 0 Å². The number of hydrogen-bond acceptors (Lipinski definition) is 2. The Hall–Kier alpha value is -0.450. The summed E-state index contributed by atoms with van der Waals surface area (Å²) in [5.74, 6) is 0.123. The molecule has 0 unspecified atom stereocenters. The molecule has 0 aliphatic carbocycles. The van der Waals surface area contributed by atoms with Gasteiger partial charge in [0.25, 0.3) is 6.43 Å². The van der Waals surface area contributed by atoms with E-state index in [0.717, 1.165) is 0 Å². The standard InChI is InChI=1S/C8H3Cl3F2O2/c9-3-2(8(12)13)4(10)6-7(5(3)11)15-1-14-6/h8H,1H2. The van der Waals surface area contributed by atoms with Crippen LogP contribution >= 0.6 is 34.8 Å². The van der Waals surface area contributed by atoms with Crippen LogP contribution in [0, 0.1) is 0 Å². The van der Waals surface area contributed by atoms with Crippen molar-refractivity contribution in [2.45, 2.75) is 6.43 Å². The Kier molecular flexibility index (Phi) is 2.83. The molecule has 0 N–H and O–H groups in total. The summed E-state index contributed by atoms with van der Waals surface area (Å²) >= 11 is 17.1. The topological polar surface area (TPSA) is 18.5 Å². The summed E-state index contributed by atoms with van der Waals surface area (Å²) in [6, 6.07) is 0. The average Bonchev–Trinajstić information content (AvgIpc) is 2.62. The Morgan fingerprint density at radius 2 is 1.47 bits per heavy atom. The molecule has 2 nitrogen and oxygen atoms in total. The summed E-state index contributed by atoms with van der Waals surface area (Å²) in [6.07, 6.45) is -2.82. The maximum Gasteiger partial charge on any atom is 0.266 e. The van der Waals surface area contributed by atoms with Gasteiger partial charge in [0.1, 0.15) is 5.02 Å². The first-order valence-corrected chi connectivity index (χ1v) is 4.91. The first kappa shape index (κ1) is 11.0. The van der Waals surface area contributed by atoms with E-state index in [1.807, 2.05) is 0 Å². The zero-order valence-electron chi connectivity index (χ0n) is 6.99. The molecular weight excluding hydrogens is 272 g/mol. The van der Waals surface area contributed by atoms with Crippen LogP contribution in [0.25, 0.3) is 0 Å². The van der Waals surface area contributed by atoms with Crippen molar-refractivity contribution in [1.82, 2.24) is 0 Å². The third-order valence-electron chi connectivity index (χ3n) is 1.90. The Labute approximate surface area is 98.6 Å². The number of ether oxygens (including phenoxy) is 2. The predicted molar refractivity (Wildman–Crippen MR) is 52.6 cm³/mol. The van der Waals surface area contributed by atoms with Crippen LogP contribution in [0.4, 0.5) is 8.78 Å². The van der Waals surface area contributed by atoms with E-state index in [-0.39, 0.29) is 33.4 Å². The summed E-state index contributed by atoms with van der Waals surface area (Å²) in [5.41, 5.74) is -0.535. The van der Waals surface area contributed by atoms with Crippen molar-refractivity contribution in [2.75, 3.05) is 6.79 Å². The maximum absolute atomic E-state index is 12.6. The van der Waals surface area contributed by atoms with Crippen LogP contribution in [0.1, 0.15) is 12.0 Å². The lowest BCUT2D eigenvalue weighted by molar-refractivity contribution is 0.150. The molecule has 2 rings (SSSR count). The number of halogens is 5. The molecule has 0 atom stereocenters. The lowest BCUT2D eigenvalue weighted by Gasteiger charge is -2.10. The molecule has 0 amide bonds. The largest absolute Gasteiger partial charge is 0.452 e. The van der Waals surface area contributed by atoms with Gasteiger partial charge >= 0.3 is 0 Å². The summed E-state index contributed by atoms with van der Waals surface area (Å²) in [5, 5.41) is -0.670. The second-order valence-electron chi connectivity index (χ2n) is 2.72. The molecule has 0 radical (unpaired) electrons. The highest BCUT2D eigenvalue weighted by Crippen LogP contribution is 2.52. The number of alkyl halides is 2. The van der Waals surface area contributed by atoms with E-state index in [1.165, 1.54) is 0 Å². The van der Waals surface area contributed by atoms with Crippen LogP contribution in [0.3, 0.4) is 0 Å². The quantitative estimate of drug-likeness (QED) is 0.711. The van der Waals surface area contributed by atoms with Gasteiger partial charge in [0, 0.05) is 0 Å². The highest BCUT2D eigenvalue weighted by molar-refractivity contribution is 6.45. The molecule has 0 spiro atoms. The maximum atomic E-state index is 12.6. The molecule has 82 valence electrons. The van der Waals surface area contributed by atoms with Gasteiger partial charge < -0.3 is 9.47 Å². The Morgan fingerprint density at radius 3 is 2.00 bits per heavy atom. The molecule has 0 bridgehead atoms. The van der Waals surface area contributed by atoms with E-state index in [1.54, 1.807) is 0 Å². The first-order valence-electron chi connectivity index (χ1n) is 3.78. The van der Waals surface area contributed by atoms with E-state index in [4.69, 9.17) is 44.3 Å². The molecule has 0 aromatic heterocycles. The molecule has 15 heavy (non-hydrogen) atoms. The van der Waals surface area contributed by atoms with Crippen molar-refractivity contribution in [2.24, 2.45) is 0 Å². The van der Waals surface area contributed by atoms with Crippen LogP contribution in [-0.4, -0.2) is 6.79 Å². The minimum absolute atomic E-state index is 0.0152. The van der Waals surface area contributed by atoms with Crippen molar-refractivity contribution < 1.29 is 18.3 Å². The zero-order chi connectivity index (χ0) is 11.2. The molecule has 1 aromatic carbocycles. The van der Waals surface area contributed by atoms with Crippen molar-refractivity contribution in [3.63, 3.8) is 0 Å². The van der Waals surface area contributed by atoms with E-state index in [9.17, 15) is 8.78 Å². The molecule has 1 aromatic rings. The lowest BCUT2D eigenvalue weighted by atomic mass is 10.2. The minimum Gasteiger partial charge on any atom is -0.452 e. The first-order chi connectivity index (χ1) is 7.04. The van der Waals surface area contributed by atoms with Crippen LogP contribution in [0.2, 0.25) is 15.1 Å². The molecule has 1 heterocycles. The third kappa shape index (κ3) is 1.61. The number of benzene rings is 1. The Morgan fingerprint density at radius 1 is 0.933 bits per heavy atom. The van der Waals surface area contributed by atoms with Gasteiger partial charge in [0.05, 0.1) is 15.6 Å². The second-order valence-corrected chi connectivity index (χ2v) is 3.85. The van der Waals surface area contributed by atoms with Gasteiger partial charge in [-0.3, -0.25) is 0 Å². The minimum atomic E-state index is -2.82. The van der Waals surface area contributed by atoms with Gasteiger partial charge in [-0.25, -0.2) is 8.78 Å². The summed E-state index contributed by atoms with van der Waals surface area (Å²) in [6.45, 7) is -0.113. The lowest BCUT2D eigenvalue weighted by Crippen LogP contribution is -1.93. The fourth-order valence-corrected chi connectivity index (χ4v) is 2.10. The van der Waals surface area contributed by atoms with E-state index in [2.05, 4.69) is 0 Å². The van der Waals surface area contributed by atoms with Crippen molar-refractivity contribution in [3.05, 3.63) is 20.6 Å². The van der Waals surface area contributed by atoms with Crippen LogP contribution in [0.5, 0.6) is 11.5 Å². The highest BCUT2D eigenvalue weighted by atomic mass is 35.5. The summed E-state index contributed by atoms with van der Waals surface area (Å²) < 4.78 is 35.1. The number of hydrogen-bond donors (Lipinski definition) is 0. The normalized spacial score (nSPS) is 13.7. The molecule has 1 aliphatic rings. The van der Waals surface area contributed by atoms with Crippen molar-refractivity contribution in [1.29, 1.82) is 0 Å². The van der Waals surface area contributed by atoms with Gasteiger partial charge in [0.2, 0.25) is 6.79 Å². The predicted octanol–water partition coefficient (Wildman–Crippen LogP) is 4.31. The Balaban J connectivity index is 2.73. The summed E-state index contributed by atoms with van der Waals surface area (Å²) in [4.78, 5) is 0. The fourth-order valence-electron chi connectivity index (χ4n) is 1.23. The molecule has 1 aliphatic heterocycles. The molecule has 7 heteroatoms. The van der Waals surface area contributed by atoms with Crippen molar-refractivity contribution in [3.8, 4) is 11.5 Å². The van der Waals surface area contributed by atoms with Crippen LogP contribution < -0.4 is 9.47 Å². The van der Waals surface area contributed by atoms with Gasteiger partial charge in [-0.2, -0.15) is 0 Å². The fraction of sp³-hybridized carbons (Fsp3) is 0.250.